The van der Waals surface area contributed by atoms with Crippen molar-refractivity contribution in [3.63, 3.8) is 0 Å². The summed E-state index contributed by atoms with van der Waals surface area (Å²) in [5, 5.41) is 3.96. The molecular weight excluding hydrogens is 369 g/mol. The van der Waals surface area contributed by atoms with Crippen molar-refractivity contribution in [1.82, 2.24) is 9.97 Å². The minimum Gasteiger partial charge on any atom is -0.496 e. The van der Waals surface area contributed by atoms with Gasteiger partial charge in [0.1, 0.15) is 17.4 Å². The summed E-state index contributed by atoms with van der Waals surface area (Å²) in [7, 11) is 1.58. The second-order valence-electron chi connectivity index (χ2n) is 6.71. The zero-order valence-corrected chi connectivity index (χ0v) is 16.0. The maximum atomic E-state index is 13.1. The molecule has 8 heteroatoms. The minimum absolute atomic E-state index is 0.0581. The van der Waals surface area contributed by atoms with Crippen LogP contribution < -0.4 is 15.8 Å². The molecule has 28 heavy (non-hydrogen) atoms. The number of nitrogens with one attached hydrogen (secondary N) is 1. The molecule has 148 valence electrons. The van der Waals surface area contributed by atoms with Crippen molar-refractivity contribution in [2.45, 2.75) is 33.0 Å². The van der Waals surface area contributed by atoms with Crippen LogP contribution in [0.1, 0.15) is 35.5 Å². The molecule has 0 spiro atoms. The highest BCUT2D eigenvalue weighted by Gasteiger charge is 2.31. The van der Waals surface area contributed by atoms with Crippen LogP contribution in [0.15, 0.2) is 30.3 Å². The van der Waals surface area contributed by atoms with E-state index in [0.29, 0.717) is 28.5 Å². The molecule has 3 aromatic rings. The summed E-state index contributed by atoms with van der Waals surface area (Å²) in [5.41, 5.74) is 6.98. The number of nitrogens with zero attached hydrogens (tertiary/aromatic N) is 2. The lowest BCUT2D eigenvalue weighted by Crippen LogP contribution is -2.13. The summed E-state index contributed by atoms with van der Waals surface area (Å²) in [6, 6.07) is 6.80. The zero-order valence-electron chi connectivity index (χ0n) is 16.0. The lowest BCUT2D eigenvalue weighted by Gasteiger charge is -2.19. The van der Waals surface area contributed by atoms with Gasteiger partial charge in [0, 0.05) is 17.1 Å². The Morgan fingerprint density at radius 3 is 2.43 bits per heavy atom. The molecule has 3 N–H and O–H groups in total. The smallest absolute Gasteiger partial charge is 0.416 e. The third-order valence-corrected chi connectivity index (χ3v) is 4.48. The van der Waals surface area contributed by atoms with Crippen LogP contribution in [0.5, 0.6) is 5.75 Å². The molecule has 5 nitrogen and oxygen atoms in total. The maximum Gasteiger partial charge on any atom is 0.416 e. The van der Waals surface area contributed by atoms with E-state index in [9.17, 15) is 13.2 Å². The number of methoxy groups -OCH3 is 1. The van der Waals surface area contributed by atoms with E-state index in [-0.39, 0.29) is 5.69 Å². The number of aromatic nitrogens is 2. The first kappa shape index (κ1) is 19.7. The van der Waals surface area contributed by atoms with Gasteiger partial charge >= 0.3 is 6.18 Å². The number of benzene rings is 2. The van der Waals surface area contributed by atoms with Crippen LogP contribution in [0.25, 0.3) is 10.9 Å². The van der Waals surface area contributed by atoms with Gasteiger partial charge in [0.15, 0.2) is 0 Å². The van der Waals surface area contributed by atoms with E-state index in [1.54, 1.807) is 21.0 Å². The Bertz CT molecular complexity index is 1030. The summed E-state index contributed by atoms with van der Waals surface area (Å²) in [6.07, 6.45) is -4.46. The van der Waals surface area contributed by atoms with Crippen molar-refractivity contribution in [1.29, 1.82) is 0 Å². The van der Waals surface area contributed by atoms with Gasteiger partial charge in [-0.15, -0.1) is 0 Å². The molecule has 3 rings (SSSR count). The molecule has 0 aliphatic heterocycles. The van der Waals surface area contributed by atoms with Crippen LogP contribution in [0, 0.1) is 13.8 Å². The lowest BCUT2D eigenvalue weighted by atomic mass is 10.0. The molecule has 0 unspecified atom stereocenters. The van der Waals surface area contributed by atoms with E-state index in [1.807, 2.05) is 19.1 Å². The Hall–Kier alpha value is -3.03. The molecule has 0 saturated carbocycles. The van der Waals surface area contributed by atoms with E-state index >= 15 is 0 Å². The van der Waals surface area contributed by atoms with Gasteiger partial charge in [-0.2, -0.15) is 13.2 Å². The van der Waals surface area contributed by atoms with Crippen molar-refractivity contribution in [2.75, 3.05) is 18.2 Å². The van der Waals surface area contributed by atoms with Gasteiger partial charge in [-0.1, -0.05) is 0 Å². The number of halogens is 3. The summed E-state index contributed by atoms with van der Waals surface area (Å²) < 4.78 is 44.7. The van der Waals surface area contributed by atoms with Crippen LogP contribution in [0.4, 0.5) is 24.7 Å². The van der Waals surface area contributed by atoms with Gasteiger partial charge < -0.3 is 15.8 Å². The van der Waals surface area contributed by atoms with Crippen molar-refractivity contribution in [3.8, 4) is 5.75 Å². The van der Waals surface area contributed by atoms with E-state index in [1.165, 1.54) is 6.07 Å². The molecule has 1 aromatic heterocycles. The zero-order chi connectivity index (χ0) is 20.6. The van der Waals surface area contributed by atoms with E-state index in [4.69, 9.17) is 10.5 Å². The summed E-state index contributed by atoms with van der Waals surface area (Å²) in [6.45, 7) is 5.41. The quantitative estimate of drug-likeness (QED) is 0.612. The number of rotatable bonds is 4. The van der Waals surface area contributed by atoms with Gasteiger partial charge in [0.2, 0.25) is 0 Å². The monoisotopic (exact) mass is 390 g/mol. The molecule has 2 aromatic carbocycles. The van der Waals surface area contributed by atoms with Gasteiger partial charge in [0.05, 0.1) is 24.2 Å². The Labute approximate surface area is 160 Å². The Morgan fingerprint density at radius 2 is 1.79 bits per heavy atom. The summed E-state index contributed by atoms with van der Waals surface area (Å²) in [5.74, 6) is 1.78. The van der Waals surface area contributed by atoms with Crippen molar-refractivity contribution >= 4 is 22.4 Å². The predicted molar refractivity (Wildman–Crippen MR) is 103 cm³/mol. The highest BCUT2D eigenvalue weighted by atomic mass is 19.4. The van der Waals surface area contributed by atoms with Gasteiger partial charge in [-0.05, 0) is 56.2 Å². The van der Waals surface area contributed by atoms with Crippen molar-refractivity contribution < 1.29 is 17.9 Å². The maximum absolute atomic E-state index is 13.1. The fourth-order valence-corrected chi connectivity index (χ4v) is 3.09. The first-order valence-corrected chi connectivity index (χ1v) is 8.65. The second-order valence-corrected chi connectivity index (χ2v) is 6.71. The number of nitrogen functional groups attached to an aromatic ring is 1. The molecule has 0 saturated heterocycles. The lowest BCUT2D eigenvalue weighted by molar-refractivity contribution is -0.137. The molecular formula is C20H21F3N4O. The van der Waals surface area contributed by atoms with Crippen LogP contribution in [0.2, 0.25) is 0 Å². The second kappa shape index (κ2) is 7.18. The summed E-state index contributed by atoms with van der Waals surface area (Å²) in [4.78, 5) is 8.87. The molecule has 0 aliphatic rings. The number of ether oxygens (including phenoxy) is 1. The van der Waals surface area contributed by atoms with Gasteiger partial charge in [-0.25, -0.2) is 9.97 Å². The normalized spacial score (nSPS) is 12.8. The third-order valence-electron chi connectivity index (χ3n) is 4.48. The van der Waals surface area contributed by atoms with Gasteiger partial charge in [-0.3, -0.25) is 0 Å². The molecule has 0 amide bonds. The molecule has 0 bridgehead atoms. The highest BCUT2D eigenvalue weighted by Crippen LogP contribution is 2.34. The average molecular weight is 390 g/mol. The van der Waals surface area contributed by atoms with Crippen LogP contribution in [0.3, 0.4) is 0 Å². The Kier molecular flexibility index (Phi) is 5.06. The predicted octanol–water partition coefficient (Wildman–Crippen LogP) is 5.03. The molecule has 0 radical (unpaired) electrons. The van der Waals surface area contributed by atoms with E-state index in [0.717, 1.165) is 23.1 Å². The van der Waals surface area contributed by atoms with E-state index < -0.39 is 17.8 Å². The highest BCUT2D eigenvalue weighted by molar-refractivity contribution is 5.91. The average Bonchev–Trinajstić information content (AvgIpc) is 2.60. The Morgan fingerprint density at radius 1 is 1.07 bits per heavy atom. The van der Waals surface area contributed by atoms with Crippen LogP contribution in [-0.2, 0) is 6.18 Å². The van der Waals surface area contributed by atoms with Crippen molar-refractivity contribution in [2.24, 2.45) is 0 Å². The van der Waals surface area contributed by atoms with E-state index in [2.05, 4.69) is 15.3 Å². The standard InChI is InChI=1S/C20H21F3N4O/c1-10-5-16-17(9-18(10)28-4)26-12(3)27-19(16)25-11(2)13-6-14(20(21,22)23)8-15(24)7-13/h5-9,11H,24H2,1-4H3,(H,25,26,27)/t11-/m1/s1. The van der Waals surface area contributed by atoms with Crippen LogP contribution >= 0.6 is 0 Å². The number of nitrogens with two attached hydrogens (primary N) is 1. The first-order valence-electron chi connectivity index (χ1n) is 8.65. The summed E-state index contributed by atoms with van der Waals surface area (Å²) >= 11 is 0. The van der Waals surface area contributed by atoms with Crippen molar-refractivity contribution in [3.05, 3.63) is 52.8 Å². The fraction of sp³-hybridized carbons (Fsp3) is 0.300. The molecule has 1 heterocycles. The molecule has 1 atom stereocenters. The number of hydrogen-bond donors (Lipinski definition) is 2. The third kappa shape index (κ3) is 3.95. The number of fused-ring (bicyclic) bond motifs is 1. The minimum atomic E-state index is -4.46. The topological polar surface area (TPSA) is 73.1 Å². The fourth-order valence-electron chi connectivity index (χ4n) is 3.09. The SMILES string of the molecule is COc1cc2nc(C)nc(N[C@H](C)c3cc(N)cc(C(F)(F)F)c3)c2cc1C. The number of hydrogen-bond acceptors (Lipinski definition) is 5. The molecule has 0 fully saturated rings. The number of aryl methyl sites for hydroxylation is 2. The first-order chi connectivity index (χ1) is 13.1. The number of alkyl halides is 3. The largest absolute Gasteiger partial charge is 0.496 e. The van der Waals surface area contributed by atoms with Gasteiger partial charge in [0.25, 0.3) is 0 Å². The number of anilines is 2. The molecule has 0 aliphatic carbocycles. The van der Waals surface area contributed by atoms with Crippen LogP contribution in [-0.4, -0.2) is 17.1 Å². The Balaban J connectivity index is 2.03.